The first-order valence-corrected chi connectivity index (χ1v) is 14.6. The van der Waals surface area contributed by atoms with E-state index in [2.05, 4.69) is 4.98 Å². The molecule has 0 spiro atoms. The van der Waals surface area contributed by atoms with Crippen LogP contribution in [0.15, 0.2) is 64.3 Å². The lowest BCUT2D eigenvalue weighted by molar-refractivity contribution is -0.385. The van der Waals surface area contributed by atoms with Gasteiger partial charge in [0, 0.05) is 30.3 Å². The molecular weight excluding hydrogens is 671 g/mol. The highest BCUT2D eigenvalue weighted by molar-refractivity contribution is 6.21. The summed E-state index contributed by atoms with van der Waals surface area (Å²) in [6.45, 7) is -0.0962. The van der Waals surface area contributed by atoms with Crippen LogP contribution in [0.2, 0.25) is 0 Å². The first-order chi connectivity index (χ1) is 22.3. The molecule has 0 aliphatic carbocycles. The quantitative estimate of drug-likeness (QED) is 0.119. The standard InChI is InChI=1S/C28H26Cl2N4O13/c1-15-11-32(26(36)31-25(15)35)24-10-22(47-28(38)44-13-19(30)17-7-3-5-9-21(17)34(41)42)23(46-24)14-45-27(37)43-12-18(29)16-6-2-4-8-20(16)33(39)40/h2-9,11,18-19,22-24H,10,12-14H2,1H3,(H,31,35,36)/t18?,19?,22-,23+,24+/m0/s1. The molecule has 17 nitrogen and oxygen atoms in total. The fraction of sp³-hybridized carbons (Fsp3) is 0.357. The van der Waals surface area contributed by atoms with Crippen LogP contribution >= 0.6 is 23.2 Å². The Morgan fingerprint density at radius 2 is 1.47 bits per heavy atom. The van der Waals surface area contributed by atoms with Crippen molar-refractivity contribution in [3.63, 3.8) is 0 Å². The van der Waals surface area contributed by atoms with Crippen molar-refractivity contribution in [2.45, 2.75) is 42.5 Å². The van der Waals surface area contributed by atoms with E-state index >= 15 is 0 Å². The molecule has 250 valence electrons. The maximum Gasteiger partial charge on any atom is 0.508 e. The number of H-pyrrole nitrogens is 1. The van der Waals surface area contributed by atoms with Gasteiger partial charge in [-0.1, -0.05) is 36.4 Å². The molecule has 1 aromatic heterocycles. The van der Waals surface area contributed by atoms with E-state index in [1.165, 1.54) is 61.7 Å². The number of nitrogens with zero attached hydrogens (tertiary/aromatic N) is 3. The molecule has 2 unspecified atom stereocenters. The van der Waals surface area contributed by atoms with Crippen molar-refractivity contribution >= 4 is 46.9 Å². The van der Waals surface area contributed by atoms with Crippen molar-refractivity contribution in [1.82, 2.24) is 9.55 Å². The van der Waals surface area contributed by atoms with E-state index in [1.54, 1.807) is 0 Å². The number of hydrogen-bond acceptors (Lipinski definition) is 13. The summed E-state index contributed by atoms with van der Waals surface area (Å²) in [5.41, 5.74) is -1.56. The lowest BCUT2D eigenvalue weighted by Gasteiger charge is -2.19. The molecule has 4 rings (SSSR count). The Bertz CT molecular complexity index is 1760. The van der Waals surface area contributed by atoms with E-state index in [1.807, 2.05) is 0 Å². The summed E-state index contributed by atoms with van der Waals surface area (Å²) in [7, 11) is 0. The van der Waals surface area contributed by atoms with Gasteiger partial charge in [-0.15, -0.1) is 23.2 Å². The first-order valence-electron chi connectivity index (χ1n) is 13.7. The Kier molecular flexibility index (Phi) is 11.5. The number of benzene rings is 2. The summed E-state index contributed by atoms with van der Waals surface area (Å²) in [6.07, 6.45) is -4.81. The average Bonchev–Trinajstić information content (AvgIpc) is 3.44. The molecule has 1 saturated heterocycles. The van der Waals surface area contributed by atoms with Crippen LogP contribution in [0.1, 0.15) is 40.1 Å². The predicted octanol–water partition coefficient (Wildman–Crippen LogP) is 4.58. The number of ether oxygens (including phenoxy) is 5. The zero-order valence-electron chi connectivity index (χ0n) is 24.3. The second-order valence-electron chi connectivity index (χ2n) is 10.00. The summed E-state index contributed by atoms with van der Waals surface area (Å²) in [4.78, 5) is 72.8. The number of aryl methyl sites for hydroxylation is 1. The number of nitrogens with one attached hydrogen (secondary N) is 1. The molecule has 5 atom stereocenters. The van der Waals surface area contributed by atoms with Crippen molar-refractivity contribution in [2.75, 3.05) is 19.8 Å². The number of nitro benzene ring substituents is 2. The van der Waals surface area contributed by atoms with Gasteiger partial charge in [-0.3, -0.25) is 34.6 Å². The van der Waals surface area contributed by atoms with E-state index in [-0.39, 0.29) is 34.5 Å². The number of alkyl halides is 2. The lowest BCUT2D eigenvalue weighted by atomic mass is 10.1. The van der Waals surface area contributed by atoms with Crippen LogP contribution in [-0.4, -0.2) is 63.7 Å². The van der Waals surface area contributed by atoms with Gasteiger partial charge in [0.1, 0.15) is 38.3 Å². The van der Waals surface area contributed by atoms with Gasteiger partial charge in [0.05, 0.1) is 31.7 Å². The number of hydrogen-bond donors (Lipinski definition) is 1. The first kappa shape index (κ1) is 34.9. The third kappa shape index (κ3) is 8.84. The van der Waals surface area contributed by atoms with Crippen LogP contribution in [0.3, 0.4) is 0 Å². The highest BCUT2D eigenvalue weighted by atomic mass is 35.5. The van der Waals surface area contributed by atoms with Crippen LogP contribution in [0.4, 0.5) is 21.0 Å². The molecule has 2 heterocycles. The highest BCUT2D eigenvalue weighted by Crippen LogP contribution is 2.33. The van der Waals surface area contributed by atoms with E-state index in [9.17, 15) is 39.4 Å². The summed E-state index contributed by atoms with van der Waals surface area (Å²) >= 11 is 12.5. The molecule has 0 radical (unpaired) electrons. The molecule has 2 aromatic carbocycles. The minimum absolute atomic E-state index is 0.106. The number of aromatic amines is 1. The molecule has 47 heavy (non-hydrogen) atoms. The smallest absolute Gasteiger partial charge is 0.432 e. The van der Waals surface area contributed by atoms with Crippen molar-refractivity contribution in [3.8, 4) is 0 Å². The zero-order valence-corrected chi connectivity index (χ0v) is 25.8. The molecule has 19 heteroatoms. The Balaban J connectivity index is 1.40. The Morgan fingerprint density at radius 3 is 2.02 bits per heavy atom. The number of halogens is 2. The lowest BCUT2D eigenvalue weighted by Crippen LogP contribution is -2.33. The van der Waals surface area contributed by atoms with Gasteiger partial charge in [0.15, 0.2) is 0 Å². The second kappa shape index (κ2) is 15.5. The molecule has 0 saturated carbocycles. The van der Waals surface area contributed by atoms with Crippen molar-refractivity contribution in [1.29, 1.82) is 0 Å². The van der Waals surface area contributed by atoms with Crippen molar-refractivity contribution in [2.24, 2.45) is 0 Å². The Hall–Kier alpha value is -5.00. The van der Waals surface area contributed by atoms with Gasteiger partial charge in [-0.05, 0) is 6.92 Å². The summed E-state index contributed by atoms with van der Waals surface area (Å²) in [5, 5.41) is 20.4. The third-order valence-electron chi connectivity index (χ3n) is 6.89. The Labute approximate surface area is 274 Å². The number of carbonyl (C=O) groups excluding carboxylic acids is 2. The molecule has 0 bridgehead atoms. The fourth-order valence-corrected chi connectivity index (χ4v) is 5.09. The summed E-state index contributed by atoms with van der Waals surface area (Å²) in [6, 6.07) is 11.3. The number of nitro groups is 2. The monoisotopic (exact) mass is 696 g/mol. The topological polar surface area (TPSA) is 221 Å². The molecule has 0 amide bonds. The summed E-state index contributed by atoms with van der Waals surface area (Å²) < 4.78 is 27.5. The number of carbonyl (C=O) groups is 2. The summed E-state index contributed by atoms with van der Waals surface area (Å²) in [5.74, 6) is 0. The SMILES string of the molecule is Cc1cn([C@H]2C[C@H](OC(=O)OCC(Cl)c3ccccc3[N+](=O)[O-])[C@@H](COC(=O)OCC(Cl)c3ccccc3[N+](=O)[O-])O2)c(=O)[nH]c1=O. The molecule has 3 aromatic rings. The third-order valence-corrected chi connectivity index (χ3v) is 7.61. The zero-order chi connectivity index (χ0) is 34.2. The van der Waals surface area contributed by atoms with Gasteiger partial charge >= 0.3 is 18.0 Å². The fourth-order valence-electron chi connectivity index (χ4n) is 4.59. The van der Waals surface area contributed by atoms with E-state index in [0.29, 0.717) is 0 Å². The maximum absolute atomic E-state index is 12.6. The van der Waals surface area contributed by atoms with Crippen LogP contribution in [0, 0.1) is 27.2 Å². The molecule has 1 aliphatic heterocycles. The van der Waals surface area contributed by atoms with Gasteiger partial charge in [-0.2, -0.15) is 0 Å². The van der Waals surface area contributed by atoms with Crippen LogP contribution in [-0.2, 0) is 23.7 Å². The van der Waals surface area contributed by atoms with Gasteiger partial charge in [0.25, 0.3) is 16.9 Å². The molecule has 1 fully saturated rings. The molecule has 1 aliphatic rings. The maximum atomic E-state index is 12.6. The van der Waals surface area contributed by atoms with Crippen LogP contribution in [0.5, 0.6) is 0 Å². The molecule has 1 N–H and O–H groups in total. The number of para-hydroxylation sites is 2. The predicted molar refractivity (Wildman–Crippen MR) is 161 cm³/mol. The average molecular weight is 697 g/mol. The van der Waals surface area contributed by atoms with Gasteiger partial charge in [-0.25, -0.2) is 14.4 Å². The van der Waals surface area contributed by atoms with Gasteiger partial charge < -0.3 is 23.7 Å². The largest absolute Gasteiger partial charge is 0.508 e. The van der Waals surface area contributed by atoms with E-state index < -0.39 is 82.4 Å². The van der Waals surface area contributed by atoms with Crippen molar-refractivity contribution in [3.05, 3.63) is 112 Å². The Morgan fingerprint density at radius 1 is 0.936 bits per heavy atom. The highest BCUT2D eigenvalue weighted by Gasteiger charge is 2.41. The second-order valence-corrected chi connectivity index (χ2v) is 11.1. The van der Waals surface area contributed by atoms with E-state index in [4.69, 9.17) is 46.9 Å². The number of rotatable bonds is 12. The number of aromatic nitrogens is 2. The van der Waals surface area contributed by atoms with Crippen LogP contribution in [0.25, 0.3) is 0 Å². The van der Waals surface area contributed by atoms with Crippen molar-refractivity contribution < 1.29 is 43.1 Å². The normalized spacial score (nSPS) is 18.5. The van der Waals surface area contributed by atoms with Crippen LogP contribution < -0.4 is 11.2 Å². The minimum Gasteiger partial charge on any atom is -0.432 e. The minimum atomic E-state index is -1.24. The van der Waals surface area contributed by atoms with Gasteiger partial charge in [0.2, 0.25) is 0 Å². The molecular formula is C28H26Cl2N4O13. The van der Waals surface area contributed by atoms with E-state index in [0.717, 1.165) is 4.57 Å².